The molecule has 1 unspecified atom stereocenters. The van der Waals surface area contributed by atoms with Crippen molar-refractivity contribution in [2.75, 3.05) is 11.4 Å². The molecule has 14 heteroatoms. The number of alkyl halides is 3. The number of pyridine rings is 1. The van der Waals surface area contributed by atoms with E-state index < -0.39 is 30.9 Å². The minimum absolute atomic E-state index is 0.0986. The Morgan fingerprint density at radius 3 is 2.71 bits per heavy atom. The molecule has 2 atom stereocenters. The van der Waals surface area contributed by atoms with Gasteiger partial charge in [-0.2, -0.15) is 23.4 Å². The number of aromatic nitrogens is 4. The molecule has 0 fully saturated rings. The average Bonchev–Trinajstić information content (AvgIpc) is 3.24. The highest BCUT2D eigenvalue weighted by atomic mass is 79.9. The lowest BCUT2D eigenvalue weighted by molar-refractivity contribution is -0.193. The molecule has 0 aromatic carbocycles. The number of hydrogen-bond donors (Lipinski definition) is 1. The van der Waals surface area contributed by atoms with Crippen LogP contribution in [-0.4, -0.2) is 57.1 Å². The summed E-state index contributed by atoms with van der Waals surface area (Å²) in [6.45, 7) is 0.879. The number of hydrogen-bond acceptors (Lipinski definition) is 6. The number of fused-ring (bicyclic) bond motifs is 1. The van der Waals surface area contributed by atoms with Gasteiger partial charge in [-0.1, -0.05) is 11.6 Å². The van der Waals surface area contributed by atoms with Crippen molar-refractivity contribution in [2.24, 2.45) is 4.99 Å². The number of nitrogens with one attached hydrogen (secondary N) is 1. The van der Waals surface area contributed by atoms with E-state index in [1.54, 1.807) is 6.92 Å². The Labute approximate surface area is 187 Å². The molecule has 0 bridgehead atoms. The number of ether oxygens (including phenoxy) is 1. The number of aliphatic imine (C=N–C) groups is 1. The largest absolute Gasteiger partial charge is 0.476 e. The zero-order chi connectivity index (χ0) is 22.3. The molecule has 31 heavy (non-hydrogen) atoms. The van der Waals surface area contributed by atoms with E-state index in [1.165, 1.54) is 29.6 Å². The molecule has 0 saturated carbocycles. The van der Waals surface area contributed by atoms with Crippen LogP contribution in [0.2, 0.25) is 0 Å². The Balaban J connectivity index is 1.56. The van der Waals surface area contributed by atoms with Gasteiger partial charge in [0, 0.05) is 12.6 Å². The lowest BCUT2D eigenvalue weighted by Gasteiger charge is -2.36. The van der Waals surface area contributed by atoms with Gasteiger partial charge in [0.2, 0.25) is 6.10 Å². The summed E-state index contributed by atoms with van der Waals surface area (Å²) in [5.41, 5.74) is 0.546. The number of rotatable bonds is 2. The van der Waals surface area contributed by atoms with E-state index in [0.29, 0.717) is 16.5 Å². The highest BCUT2D eigenvalue weighted by molar-refractivity contribution is 9.10. The van der Waals surface area contributed by atoms with Crippen LogP contribution < -0.4 is 15.0 Å². The number of carbonyl (C=O) groups excluding carboxylic acids is 1. The summed E-state index contributed by atoms with van der Waals surface area (Å²) < 4.78 is 45.6. The zero-order valence-corrected chi connectivity index (χ0v) is 18.1. The molecule has 2 amide bonds. The van der Waals surface area contributed by atoms with Crippen LogP contribution >= 0.6 is 27.5 Å². The highest BCUT2D eigenvalue weighted by Gasteiger charge is 2.47. The van der Waals surface area contributed by atoms with Crippen molar-refractivity contribution in [1.82, 2.24) is 25.3 Å². The third kappa shape index (κ3) is 4.24. The summed E-state index contributed by atoms with van der Waals surface area (Å²) in [4.78, 5) is 23.4. The van der Waals surface area contributed by atoms with Gasteiger partial charge in [-0.25, -0.2) is 9.79 Å². The van der Waals surface area contributed by atoms with Crippen molar-refractivity contribution < 1.29 is 22.7 Å². The molecule has 0 spiro atoms. The van der Waals surface area contributed by atoms with Crippen LogP contribution in [0.4, 0.5) is 23.7 Å². The quantitative estimate of drug-likeness (QED) is 0.654. The Kier molecular flexibility index (Phi) is 5.64. The molecule has 164 valence electrons. The van der Waals surface area contributed by atoms with Gasteiger partial charge in [0.05, 0.1) is 46.4 Å². The van der Waals surface area contributed by atoms with Crippen LogP contribution in [0, 0.1) is 6.92 Å². The number of urea groups is 1. The predicted molar refractivity (Wildman–Crippen MR) is 109 cm³/mol. The number of nitrogens with zero attached hydrogens (tertiary/aromatic N) is 6. The number of anilines is 1. The summed E-state index contributed by atoms with van der Waals surface area (Å²) in [5.74, 6) is 0.202. The van der Waals surface area contributed by atoms with Gasteiger partial charge in [0.15, 0.2) is 11.6 Å². The van der Waals surface area contributed by atoms with E-state index >= 15 is 0 Å². The molecule has 2 aliphatic rings. The van der Waals surface area contributed by atoms with Crippen LogP contribution in [0.25, 0.3) is 5.82 Å². The summed E-state index contributed by atoms with van der Waals surface area (Å²) in [5, 5.41) is 10.8. The van der Waals surface area contributed by atoms with E-state index in [-0.39, 0.29) is 22.3 Å². The Hall–Kier alpha value is -2.67. The van der Waals surface area contributed by atoms with Gasteiger partial charge in [-0.05, 0) is 22.9 Å². The van der Waals surface area contributed by atoms with E-state index in [4.69, 9.17) is 16.3 Å². The van der Waals surface area contributed by atoms with Gasteiger partial charge in [0.25, 0.3) is 0 Å². The highest BCUT2D eigenvalue weighted by Crippen LogP contribution is 2.43. The molecule has 4 heterocycles. The average molecular weight is 521 g/mol. The van der Waals surface area contributed by atoms with Crippen molar-refractivity contribution in [3.63, 3.8) is 0 Å². The Morgan fingerprint density at radius 1 is 1.35 bits per heavy atom. The molecule has 0 aliphatic carbocycles. The molecule has 2 aromatic rings. The maximum Gasteiger partial charge on any atom is 0.427 e. The molecule has 2 aromatic heterocycles. The lowest BCUT2D eigenvalue weighted by atomic mass is 10.1. The molecule has 9 nitrogen and oxygen atoms in total. The third-order valence-corrected chi connectivity index (χ3v) is 5.83. The molecule has 1 N–H and O–H groups in total. The maximum atomic E-state index is 13.4. The first-order valence-electron chi connectivity index (χ1n) is 8.91. The van der Waals surface area contributed by atoms with Gasteiger partial charge in [-0.15, -0.1) is 4.80 Å². The van der Waals surface area contributed by atoms with E-state index in [1.807, 2.05) is 0 Å². The minimum atomic E-state index is -4.67. The van der Waals surface area contributed by atoms with Crippen molar-refractivity contribution in [1.29, 1.82) is 0 Å². The van der Waals surface area contributed by atoms with E-state index in [9.17, 15) is 18.0 Å². The van der Waals surface area contributed by atoms with Gasteiger partial charge >= 0.3 is 12.2 Å². The predicted octanol–water partition coefficient (Wildman–Crippen LogP) is 3.49. The zero-order valence-electron chi connectivity index (χ0n) is 15.8. The van der Waals surface area contributed by atoms with Gasteiger partial charge in [-0.3, -0.25) is 9.88 Å². The second kappa shape index (κ2) is 8.11. The van der Waals surface area contributed by atoms with E-state index in [2.05, 4.69) is 41.4 Å². The van der Waals surface area contributed by atoms with Crippen LogP contribution in [-0.2, 0) is 0 Å². The molecule has 0 saturated heterocycles. The summed E-state index contributed by atoms with van der Waals surface area (Å²) in [6, 6.07) is -1.41. The molecule has 2 aliphatic heterocycles. The van der Waals surface area contributed by atoms with Crippen LogP contribution in [0.5, 0.6) is 5.75 Å². The SMILES string of the molecule is Cc1ncc2c(c1Br)O[C@@H](C(F)(F)F)CN2C(=O)NC1C=NC(n2nccn2)=C(Cl)C1. The van der Waals surface area contributed by atoms with Crippen molar-refractivity contribution >= 4 is 51.3 Å². The fourth-order valence-corrected chi connectivity index (χ4v) is 3.73. The monoisotopic (exact) mass is 519 g/mol. The molecular weight excluding hydrogens is 507 g/mol. The first-order valence-corrected chi connectivity index (χ1v) is 10.1. The number of carbonyl (C=O) groups is 1. The Morgan fingerprint density at radius 2 is 2.06 bits per heavy atom. The number of aryl methyl sites for hydroxylation is 1. The summed E-state index contributed by atoms with van der Waals surface area (Å²) >= 11 is 9.45. The normalized spacial score (nSPS) is 21.0. The van der Waals surface area contributed by atoms with Crippen LogP contribution in [0.3, 0.4) is 0 Å². The standard InChI is InChI=1S/C17H14BrClF3N7O2/c1-8-13(18)14-11(6-23-8)28(7-12(31-14)17(20,21)22)16(30)27-9-4-10(19)15(24-5-9)29-25-2-3-26-29/h2-3,5-6,9,12H,4,7H2,1H3,(H,27,30)/t9?,12-/m1/s1. The summed E-state index contributed by atoms with van der Waals surface area (Å²) in [6.07, 6.45) is -1.05. The molecule has 4 rings (SSSR count). The van der Waals surface area contributed by atoms with Gasteiger partial charge < -0.3 is 10.1 Å². The van der Waals surface area contributed by atoms with Crippen molar-refractivity contribution in [3.05, 3.63) is 33.8 Å². The van der Waals surface area contributed by atoms with E-state index in [0.717, 1.165) is 4.90 Å². The number of amides is 2. The van der Waals surface area contributed by atoms with Crippen LogP contribution in [0.1, 0.15) is 12.1 Å². The van der Waals surface area contributed by atoms with Crippen molar-refractivity contribution in [3.8, 4) is 5.75 Å². The second-order valence-electron chi connectivity index (χ2n) is 6.72. The lowest BCUT2D eigenvalue weighted by Crippen LogP contribution is -2.54. The first kappa shape index (κ1) is 21.6. The third-order valence-electron chi connectivity index (χ3n) is 4.58. The first-order chi connectivity index (χ1) is 14.6. The fourth-order valence-electron chi connectivity index (χ4n) is 3.04. The molecule has 0 radical (unpaired) electrons. The fraction of sp³-hybridized carbons (Fsp3) is 0.353. The minimum Gasteiger partial charge on any atom is -0.476 e. The Bertz CT molecular complexity index is 1070. The topological polar surface area (TPSA) is 97.5 Å². The molecular formula is C17H14BrClF3N7O2. The van der Waals surface area contributed by atoms with Crippen LogP contribution in [0.15, 0.2) is 33.1 Å². The second-order valence-corrected chi connectivity index (χ2v) is 7.97. The smallest absolute Gasteiger partial charge is 0.427 e. The maximum absolute atomic E-state index is 13.4. The summed E-state index contributed by atoms with van der Waals surface area (Å²) in [7, 11) is 0. The van der Waals surface area contributed by atoms with Gasteiger partial charge in [0.1, 0.15) is 5.69 Å². The number of halogens is 5. The van der Waals surface area contributed by atoms with Crippen molar-refractivity contribution in [2.45, 2.75) is 31.7 Å².